The number of aliphatic hydroxyl groups excluding tert-OH is 1. The lowest BCUT2D eigenvalue weighted by Gasteiger charge is -2.36. The summed E-state index contributed by atoms with van der Waals surface area (Å²) in [5.74, 6) is 1.54. The van der Waals surface area contributed by atoms with E-state index in [1.54, 1.807) is 4.52 Å². The first kappa shape index (κ1) is 12.3. The highest BCUT2D eigenvalue weighted by atomic mass is 16.3. The Morgan fingerprint density at radius 2 is 2.16 bits per heavy atom. The lowest BCUT2D eigenvalue weighted by atomic mass is 9.91. The van der Waals surface area contributed by atoms with Crippen molar-refractivity contribution in [2.24, 2.45) is 0 Å². The summed E-state index contributed by atoms with van der Waals surface area (Å²) in [7, 11) is 2.01. The Morgan fingerprint density at radius 1 is 1.37 bits per heavy atom. The normalized spacial score (nSPS) is 23.7. The molecule has 2 atom stereocenters. The van der Waals surface area contributed by atoms with Crippen LogP contribution in [0.1, 0.15) is 31.4 Å². The van der Waals surface area contributed by atoms with Crippen LogP contribution in [0.5, 0.6) is 0 Å². The molecule has 0 amide bonds. The highest BCUT2D eigenvalue weighted by Gasteiger charge is 2.28. The monoisotopic (exact) mass is 261 g/mol. The van der Waals surface area contributed by atoms with E-state index in [0.717, 1.165) is 37.2 Å². The summed E-state index contributed by atoms with van der Waals surface area (Å²) in [5.41, 5.74) is 0.910. The molecule has 3 rings (SSSR count). The number of nitrogens with zero attached hydrogens (tertiary/aromatic N) is 5. The highest BCUT2D eigenvalue weighted by Crippen LogP contribution is 2.26. The molecule has 6 nitrogen and oxygen atoms in total. The topological polar surface area (TPSA) is 66.5 Å². The number of rotatable bonds is 2. The molecule has 19 heavy (non-hydrogen) atoms. The minimum Gasteiger partial charge on any atom is -0.391 e. The summed E-state index contributed by atoms with van der Waals surface area (Å²) >= 11 is 0. The molecule has 0 aromatic carbocycles. The van der Waals surface area contributed by atoms with Gasteiger partial charge in [-0.2, -0.15) is 14.6 Å². The van der Waals surface area contributed by atoms with Gasteiger partial charge in [0.1, 0.15) is 12.1 Å². The molecule has 0 radical (unpaired) electrons. The van der Waals surface area contributed by atoms with Crippen molar-refractivity contribution in [3.8, 4) is 0 Å². The summed E-state index contributed by atoms with van der Waals surface area (Å²) in [5, 5.41) is 14.4. The number of hydrogen-bond acceptors (Lipinski definition) is 5. The van der Waals surface area contributed by atoms with Crippen molar-refractivity contribution in [1.82, 2.24) is 19.6 Å². The molecule has 2 heterocycles. The van der Waals surface area contributed by atoms with E-state index < -0.39 is 0 Å². The van der Waals surface area contributed by atoms with Gasteiger partial charge in [-0.15, -0.1) is 0 Å². The molecule has 1 aliphatic carbocycles. The first-order valence-electron chi connectivity index (χ1n) is 6.75. The van der Waals surface area contributed by atoms with Gasteiger partial charge < -0.3 is 10.0 Å². The molecule has 2 unspecified atom stereocenters. The van der Waals surface area contributed by atoms with Crippen LogP contribution in [0.4, 0.5) is 5.82 Å². The number of aryl methyl sites for hydroxylation is 1. The minimum absolute atomic E-state index is 0.142. The van der Waals surface area contributed by atoms with Gasteiger partial charge in [-0.05, 0) is 19.8 Å². The van der Waals surface area contributed by atoms with Crippen molar-refractivity contribution in [3.63, 3.8) is 0 Å². The molecule has 0 aliphatic heterocycles. The van der Waals surface area contributed by atoms with E-state index in [4.69, 9.17) is 0 Å². The number of fused-ring (bicyclic) bond motifs is 1. The van der Waals surface area contributed by atoms with Crippen LogP contribution in [-0.4, -0.2) is 43.9 Å². The van der Waals surface area contributed by atoms with E-state index in [1.165, 1.54) is 6.33 Å². The lowest BCUT2D eigenvalue weighted by molar-refractivity contribution is 0.106. The first-order chi connectivity index (χ1) is 9.16. The van der Waals surface area contributed by atoms with E-state index >= 15 is 0 Å². The number of aliphatic hydroxyl groups is 1. The van der Waals surface area contributed by atoms with Gasteiger partial charge >= 0.3 is 0 Å². The number of aromatic nitrogens is 4. The summed E-state index contributed by atoms with van der Waals surface area (Å²) in [6, 6.07) is 2.13. The Morgan fingerprint density at radius 3 is 2.95 bits per heavy atom. The Balaban J connectivity index is 2.00. The van der Waals surface area contributed by atoms with E-state index in [0.29, 0.717) is 5.78 Å². The van der Waals surface area contributed by atoms with E-state index in [9.17, 15) is 5.11 Å². The van der Waals surface area contributed by atoms with Crippen molar-refractivity contribution in [2.45, 2.75) is 44.8 Å². The van der Waals surface area contributed by atoms with Crippen molar-refractivity contribution in [1.29, 1.82) is 0 Å². The average Bonchev–Trinajstić information content (AvgIpc) is 2.85. The van der Waals surface area contributed by atoms with Gasteiger partial charge in [0.25, 0.3) is 5.78 Å². The Labute approximate surface area is 112 Å². The van der Waals surface area contributed by atoms with Crippen LogP contribution < -0.4 is 4.90 Å². The van der Waals surface area contributed by atoms with Crippen molar-refractivity contribution in [3.05, 3.63) is 18.1 Å². The predicted molar refractivity (Wildman–Crippen MR) is 72.2 cm³/mol. The maximum absolute atomic E-state index is 10.2. The minimum atomic E-state index is -0.272. The van der Waals surface area contributed by atoms with E-state index in [1.807, 2.05) is 20.0 Å². The molecule has 0 saturated heterocycles. The second-order valence-electron chi connectivity index (χ2n) is 5.26. The molecule has 0 bridgehead atoms. The third-order valence-corrected chi connectivity index (χ3v) is 3.91. The van der Waals surface area contributed by atoms with Gasteiger partial charge in [0, 0.05) is 18.8 Å². The second kappa shape index (κ2) is 4.77. The average molecular weight is 261 g/mol. The maximum Gasteiger partial charge on any atom is 0.254 e. The quantitative estimate of drug-likeness (QED) is 0.879. The fourth-order valence-electron chi connectivity index (χ4n) is 2.88. The van der Waals surface area contributed by atoms with Crippen molar-refractivity contribution < 1.29 is 5.11 Å². The van der Waals surface area contributed by atoms with Gasteiger partial charge in [0.2, 0.25) is 0 Å². The Kier molecular flexibility index (Phi) is 3.10. The van der Waals surface area contributed by atoms with Crippen LogP contribution in [0.25, 0.3) is 5.78 Å². The third-order valence-electron chi connectivity index (χ3n) is 3.91. The molecule has 1 saturated carbocycles. The van der Waals surface area contributed by atoms with Gasteiger partial charge in [0.15, 0.2) is 0 Å². The number of likely N-dealkylation sites (N-methyl/N-ethyl adjacent to an activating group) is 1. The number of hydrogen-bond donors (Lipinski definition) is 1. The summed E-state index contributed by atoms with van der Waals surface area (Å²) in [6.45, 7) is 1.95. The fourth-order valence-corrected chi connectivity index (χ4v) is 2.88. The Hall–Kier alpha value is -1.69. The fraction of sp³-hybridized carbons (Fsp3) is 0.615. The largest absolute Gasteiger partial charge is 0.391 e. The molecular formula is C13H19N5O. The van der Waals surface area contributed by atoms with Crippen LogP contribution in [0, 0.1) is 6.92 Å². The van der Waals surface area contributed by atoms with Crippen LogP contribution >= 0.6 is 0 Å². The van der Waals surface area contributed by atoms with Crippen LogP contribution in [0.3, 0.4) is 0 Å². The molecular weight excluding hydrogens is 242 g/mol. The Bertz CT molecular complexity index is 581. The summed E-state index contributed by atoms with van der Waals surface area (Å²) < 4.78 is 1.73. The lowest BCUT2D eigenvalue weighted by Crippen LogP contribution is -2.44. The van der Waals surface area contributed by atoms with Crippen LogP contribution in [-0.2, 0) is 0 Å². The third kappa shape index (κ3) is 2.16. The van der Waals surface area contributed by atoms with Gasteiger partial charge in [-0.25, -0.2) is 4.98 Å². The zero-order valence-electron chi connectivity index (χ0n) is 11.3. The van der Waals surface area contributed by atoms with Crippen LogP contribution in [0.15, 0.2) is 12.4 Å². The van der Waals surface area contributed by atoms with Crippen LogP contribution in [0.2, 0.25) is 0 Å². The maximum atomic E-state index is 10.2. The molecule has 2 aromatic rings. The molecule has 1 aliphatic rings. The molecule has 1 N–H and O–H groups in total. The molecule has 0 spiro atoms. The highest BCUT2D eigenvalue weighted by molar-refractivity contribution is 5.47. The second-order valence-corrected chi connectivity index (χ2v) is 5.26. The van der Waals surface area contributed by atoms with E-state index in [-0.39, 0.29) is 12.1 Å². The zero-order valence-corrected chi connectivity index (χ0v) is 11.3. The summed E-state index contributed by atoms with van der Waals surface area (Å²) in [4.78, 5) is 10.6. The molecule has 102 valence electrons. The SMILES string of the molecule is Cc1cc(N(C)C2CCCCC2O)n2ncnc2n1. The molecule has 2 aromatic heterocycles. The summed E-state index contributed by atoms with van der Waals surface area (Å²) in [6.07, 6.45) is 5.40. The molecule has 1 fully saturated rings. The standard InChI is InChI=1S/C13H19N5O/c1-9-7-12(18-13(16-9)14-8-15-18)17(2)10-5-3-4-6-11(10)19/h7-8,10-11,19H,3-6H2,1-2H3. The number of anilines is 1. The van der Waals surface area contributed by atoms with Gasteiger partial charge in [-0.3, -0.25) is 0 Å². The van der Waals surface area contributed by atoms with Gasteiger partial charge in [-0.1, -0.05) is 12.8 Å². The van der Waals surface area contributed by atoms with E-state index in [2.05, 4.69) is 20.0 Å². The smallest absolute Gasteiger partial charge is 0.254 e. The van der Waals surface area contributed by atoms with Gasteiger partial charge in [0.05, 0.1) is 12.1 Å². The zero-order chi connectivity index (χ0) is 13.4. The predicted octanol–water partition coefficient (Wildman–Crippen LogP) is 1.17. The van der Waals surface area contributed by atoms with Crippen molar-refractivity contribution in [2.75, 3.05) is 11.9 Å². The van der Waals surface area contributed by atoms with Crippen molar-refractivity contribution >= 4 is 11.6 Å². The first-order valence-corrected chi connectivity index (χ1v) is 6.75. The molecule has 6 heteroatoms.